The van der Waals surface area contributed by atoms with E-state index in [1.165, 1.54) is 0 Å². The number of benzene rings is 2. The zero-order chi connectivity index (χ0) is 19.8. The number of allylic oxidation sites excluding steroid dienone is 1. The van der Waals surface area contributed by atoms with E-state index in [2.05, 4.69) is 4.90 Å². The molecular weight excluding hydrogens is 366 g/mol. The number of para-hydroxylation sites is 2. The van der Waals surface area contributed by atoms with Gasteiger partial charge in [-0.15, -0.1) is 0 Å². The Bertz CT molecular complexity index is 925. The maximum absolute atomic E-state index is 13.3. The highest BCUT2D eigenvalue weighted by Gasteiger charge is 2.49. The predicted molar refractivity (Wildman–Crippen MR) is 111 cm³/mol. The minimum atomic E-state index is -0.147. The van der Waals surface area contributed by atoms with E-state index in [0.29, 0.717) is 12.3 Å². The van der Waals surface area contributed by atoms with Gasteiger partial charge in [-0.05, 0) is 30.5 Å². The predicted octanol–water partition coefficient (Wildman–Crippen LogP) is 3.89. The second kappa shape index (κ2) is 7.56. The Kier molecular flexibility index (Phi) is 4.76. The van der Waals surface area contributed by atoms with Crippen LogP contribution in [-0.4, -0.2) is 38.4 Å². The first-order valence-electron chi connectivity index (χ1n) is 10.2. The second-order valence-corrected chi connectivity index (χ2v) is 7.94. The molecule has 2 aromatic carbocycles. The molecule has 5 rings (SSSR count). The number of nitrogens with zero attached hydrogens (tertiary/aromatic N) is 1. The number of Topliss-reactive ketones (excluding diaryl/α,β-unsaturated/α-hetero) is 1. The highest BCUT2D eigenvalue weighted by molar-refractivity contribution is 6.22. The van der Waals surface area contributed by atoms with Crippen molar-refractivity contribution < 1.29 is 19.0 Å². The normalized spacial score (nSPS) is 28.7. The number of ketones is 1. The molecule has 29 heavy (non-hydrogen) atoms. The van der Waals surface area contributed by atoms with E-state index in [0.717, 1.165) is 36.4 Å². The van der Waals surface area contributed by atoms with Crippen LogP contribution in [0.5, 0.6) is 5.75 Å². The fraction of sp³-hybridized carbons (Fsp3) is 0.375. The summed E-state index contributed by atoms with van der Waals surface area (Å²) in [6.45, 7) is 1.31. The summed E-state index contributed by atoms with van der Waals surface area (Å²) < 4.78 is 17.9. The molecule has 5 heteroatoms. The zero-order valence-electron chi connectivity index (χ0n) is 16.5. The van der Waals surface area contributed by atoms with Crippen molar-refractivity contribution in [3.63, 3.8) is 0 Å². The maximum atomic E-state index is 13.3. The van der Waals surface area contributed by atoms with Gasteiger partial charge in [0.1, 0.15) is 18.6 Å². The van der Waals surface area contributed by atoms with E-state index in [-0.39, 0.29) is 29.8 Å². The first-order chi connectivity index (χ1) is 14.3. The summed E-state index contributed by atoms with van der Waals surface area (Å²) in [6.07, 6.45) is 3.35. The third-order valence-corrected chi connectivity index (χ3v) is 6.39. The lowest BCUT2D eigenvalue weighted by Gasteiger charge is -2.48. The lowest BCUT2D eigenvalue weighted by Crippen LogP contribution is -2.56. The molecule has 2 fully saturated rings. The van der Waals surface area contributed by atoms with Crippen LogP contribution in [0.15, 0.2) is 60.9 Å². The Morgan fingerprint density at radius 1 is 1.03 bits per heavy atom. The number of carbonyl (C=O) groups is 1. The fourth-order valence-corrected chi connectivity index (χ4v) is 4.92. The molecular formula is C24H25NO4. The molecule has 3 aliphatic rings. The average molecular weight is 391 g/mol. The standard InChI is InChI=1S/C24H25NO4/c1-27-22-10-6-5-9-20(22)25-13-18-21(29-15-25)12-11-17-23(26)19(14-28-24(17)18)16-7-3-2-4-8-16/h2-10,14,17-18,21,24H,11-13,15H2,1H3. The molecule has 2 aliphatic heterocycles. The average Bonchev–Trinajstić information content (AvgIpc) is 2.79. The molecule has 0 bridgehead atoms. The minimum absolute atomic E-state index is 0.113. The molecule has 0 radical (unpaired) electrons. The van der Waals surface area contributed by atoms with Crippen LogP contribution < -0.4 is 9.64 Å². The van der Waals surface area contributed by atoms with Gasteiger partial charge in [0.25, 0.3) is 0 Å². The number of methoxy groups -OCH3 is 1. The number of carbonyl (C=O) groups excluding carboxylic acids is 1. The monoisotopic (exact) mass is 391 g/mol. The molecule has 2 aromatic rings. The van der Waals surface area contributed by atoms with Crippen molar-refractivity contribution in [3.8, 4) is 5.75 Å². The van der Waals surface area contributed by atoms with Crippen LogP contribution in [0.25, 0.3) is 5.57 Å². The summed E-state index contributed by atoms with van der Waals surface area (Å²) in [5.74, 6) is 1.05. The van der Waals surface area contributed by atoms with Gasteiger partial charge in [-0.2, -0.15) is 0 Å². The molecule has 5 nitrogen and oxygen atoms in total. The van der Waals surface area contributed by atoms with E-state index in [1.54, 1.807) is 13.4 Å². The van der Waals surface area contributed by atoms with Gasteiger partial charge in [0.05, 0.1) is 36.7 Å². The quantitative estimate of drug-likeness (QED) is 0.794. The van der Waals surface area contributed by atoms with Crippen molar-refractivity contribution in [2.75, 3.05) is 25.3 Å². The lowest BCUT2D eigenvalue weighted by atomic mass is 9.71. The van der Waals surface area contributed by atoms with Gasteiger partial charge in [0, 0.05) is 12.5 Å². The summed E-state index contributed by atoms with van der Waals surface area (Å²) in [4.78, 5) is 15.5. The molecule has 0 N–H and O–H groups in total. The van der Waals surface area contributed by atoms with Crippen molar-refractivity contribution >= 4 is 17.0 Å². The molecule has 1 aliphatic carbocycles. The third kappa shape index (κ3) is 3.19. The van der Waals surface area contributed by atoms with Gasteiger partial charge in [-0.25, -0.2) is 0 Å². The number of rotatable bonds is 3. The first-order valence-corrected chi connectivity index (χ1v) is 10.2. The van der Waals surface area contributed by atoms with Gasteiger partial charge in [-0.3, -0.25) is 4.79 Å². The van der Waals surface area contributed by atoms with Crippen LogP contribution in [0.2, 0.25) is 0 Å². The Morgan fingerprint density at radius 2 is 1.83 bits per heavy atom. The third-order valence-electron chi connectivity index (χ3n) is 6.39. The molecule has 0 amide bonds. The SMILES string of the molecule is COc1ccccc1N1COC2CCC3C(=O)C(c4ccccc4)=COC3C2C1. The smallest absolute Gasteiger partial charge is 0.173 e. The van der Waals surface area contributed by atoms with Crippen molar-refractivity contribution in [3.05, 3.63) is 66.4 Å². The summed E-state index contributed by atoms with van der Waals surface area (Å²) in [7, 11) is 1.68. The molecule has 1 saturated heterocycles. The Morgan fingerprint density at radius 3 is 2.66 bits per heavy atom. The summed E-state index contributed by atoms with van der Waals surface area (Å²) in [6, 6.07) is 17.8. The fourth-order valence-electron chi connectivity index (χ4n) is 4.92. The van der Waals surface area contributed by atoms with Crippen LogP contribution in [0.1, 0.15) is 18.4 Å². The largest absolute Gasteiger partial charge is 0.496 e. The topological polar surface area (TPSA) is 48.0 Å². The molecule has 150 valence electrons. The minimum Gasteiger partial charge on any atom is -0.496 e. The maximum Gasteiger partial charge on any atom is 0.173 e. The number of ether oxygens (including phenoxy) is 3. The summed E-state index contributed by atoms with van der Waals surface area (Å²) in [5.41, 5.74) is 2.62. The van der Waals surface area contributed by atoms with E-state index >= 15 is 0 Å². The summed E-state index contributed by atoms with van der Waals surface area (Å²) >= 11 is 0. The Hall–Kier alpha value is -2.79. The lowest BCUT2D eigenvalue weighted by molar-refractivity contribution is -0.140. The van der Waals surface area contributed by atoms with Gasteiger partial charge in [0.2, 0.25) is 0 Å². The van der Waals surface area contributed by atoms with Crippen LogP contribution >= 0.6 is 0 Å². The highest BCUT2D eigenvalue weighted by Crippen LogP contribution is 2.43. The molecule has 4 atom stereocenters. The van der Waals surface area contributed by atoms with Gasteiger partial charge < -0.3 is 19.1 Å². The molecule has 2 heterocycles. The van der Waals surface area contributed by atoms with Crippen molar-refractivity contribution in [1.29, 1.82) is 0 Å². The van der Waals surface area contributed by atoms with Crippen LogP contribution in [0, 0.1) is 11.8 Å². The summed E-state index contributed by atoms with van der Waals surface area (Å²) in [5, 5.41) is 0. The van der Waals surface area contributed by atoms with Gasteiger partial charge >= 0.3 is 0 Å². The number of hydrogen-bond acceptors (Lipinski definition) is 5. The van der Waals surface area contributed by atoms with Crippen LogP contribution in [-0.2, 0) is 14.3 Å². The molecule has 0 aromatic heterocycles. The Balaban J connectivity index is 1.41. The zero-order valence-corrected chi connectivity index (χ0v) is 16.5. The number of anilines is 1. The molecule has 4 unspecified atom stereocenters. The number of hydrogen-bond donors (Lipinski definition) is 0. The van der Waals surface area contributed by atoms with Gasteiger partial charge in [0.15, 0.2) is 5.78 Å². The second-order valence-electron chi connectivity index (χ2n) is 7.94. The van der Waals surface area contributed by atoms with E-state index in [4.69, 9.17) is 14.2 Å². The van der Waals surface area contributed by atoms with E-state index in [9.17, 15) is 4.79 Å². The van der Waals surface area contributed by atoms with Crippen molar-refractivity contribution in [1.82, 2.24) is 0 Å². The molecule has 0 spiro atoms. The van der Waals surface area contributed by atoms with E-state index < -0.39 is 0 Å². The first kappa shape index (κ1) is 18.3. The van der Waals surface area contributed by atoms with Gasteiger partial charge in [-0.1, -0.05) is 42.5 Å². The van der Waals surface area contributed by atoms with Crippen LogP contribution in [0.4, 0.5) is 5.69 Å². The van der Waals surface area contributed by atoms with E-state index in [1.807, 2.05) is 54.6 Å². The highest BCUT2D eigenvalue weighted by atomic mass is 16.5. The van der Waals surface area contributed by atoms with Crippen molar-refractivity contribution in [2.24, 2.45) is 11.8 Å². The number of fused-ring (bicyclic) bond motifs is 3. The molecule has 1 saturated carbocycles. The van der Waals surface area contributed by atoms with Crippen LogP contribution in [0.3, 0.4) is 0 Å². The van der Waals surface area contributed by atoms with Crippen molar-refractivity contribution in [2.45, 2.75) is 25.0 Å². The Labute approximate surface area is 170 Å².